The number of allylic oxidation sites excluding steroid dienone is 2. The molecule has 2 heterocycles. The van der Waals surface area contributed by atoms with Crippen LogP contribution in [0.25, 0.3) is 0 Å². The number of rotatable bonds is 2. The second kappa shape index (κ2) is 8.49. The lowest BCUT2D eigenvalue weighted by Crippen LogP contribution is -2.40. The van der Waals surface area contributed by atoms with Gasteiger partial charge in [-0.1, -0.05) is 25.2 Å². The van der Waals surface area contributed by atoms with Gasteiger partial charge in [0.25, 0.3) is 0 Å². The number of ketones is 1. The summed E-state index contributed by atoms with van der Waals surface area (Å²) in [5.41, 5.74) is 0.472. The largest absolute Gasteiger partial charge is 0.466 e. The molecule has 2 aliphatic rings. The number of carbonyl (C=O) groups excluding carboxylic acids is 2. The first-order chi connectivity index (χ1) is 12.2. The van der Waals surface area contributed by atoms with Gasteiger partial charge in [0.1, 0.15) is 6.10 Å². The minimum atomic E-state index is -1.07. The highest BCUT2D eigenvalue weighted by Gasteiger charge is 2.49. The SMILES string of the molecule is C=C(C(=O)OC)C1CC2OC1C(=O)C(C)CCCC(C)=CCCC2(C)O. The van der Waals surface area contributed by atoms with Crippen molar-refractivity contribution in [2.45, 2.75) is 77.1 Å². The van der Waals surface area contributed by atoms with E-state index >= 15 is 0 Å². The monoisotopic (exact) mass is 364 g/mol. The predicted molar refractivity (Wildman–Crippen MR) is 99.6 cm³/mol. The van der Waals surface area contributed by atoms with Gasteiger partial charge < -0.3 is 14.6 Å². The summed E-state index contributed by atoms with van der Waals surface area (Å²) < 4.78 is 10.8. The standard InChI is InChI=1S/C21H32O5/c1-13-8-6-10-14(2)18(22)19-16(15(3)20(23)25-5)12-17(26-19)21(4,24)11-7-9-13/h9,14,16-17,19,24H,3,6-8,10-12H2,1-2,4-5H3. The van der Waals surface area contributed by atoms with Crippen LogP contribution < -0.4 is 0 Å². The molecule has 2 rings (SSSR count). The smallest absolute Gasteiger partial charge is 0.333 e. The second-order valence-electron chi connectivity index (χ2n) is 8.05. The Kier molecular flexibility index (Phi) is 6.80. The summed E-state index contributed by atoms with van der Waals surface area (Å²) in [6.45, 7) is 9.60. The zero-order valence-corrected chi connectivity index (χ0v) is 16.4. The van der Waals surface area contributed by atoms with Crippen LogP contribution in [-0.4, -0.2) is 41.8 Å². The number of esters is 1. The maximum absolute atomic E-state index is 13.0. The number of hydrogen-bond acceptors (Lipinski definition) is 5. The number of ether oxygens (including phenoxy) is 2. The molecule has 26 heavy (non-hydrogen) atoms. The predicted octanol–water partition coefficient (Wildman–Crippen LogP) is 3.36. The molecule has 5 atom stereocenters. The lowest BCUT2D eigenvalue weighted by atomic mass is 9.82. The van der Waals surface area contributed by atoms with Gasteiger partial charge in [-0.25, -0.2) is 4.79 Å². The van der Waals surface area contributed by atoms with Crippen LogP contribution in [0, 0.1) is 11.8 Å². The molecule has 0 saturated carbocycles. The van der Waals surface area contributed by atoms with Crippen molar-refractivity contribution in [2.24, 2.45) is 11.8 Å². The summed E-state index contributed by atoms with van der Waals surface area (Å²) in [4.78, 5) is 25.0. The van der Waals surface area contributed by atoms with Gasteiger partial charge in [-0.05, 0) is 52.4 Å². The molecule has 0 aromatic heterocycles. The fourth-order valence-electron chi connectivity index (χ4n) is 3.94. The van der Waals surface area contributed by atoms with Crippen molar-refractivity contribution >= 4 is 11.8 Å². The topological polar surface area (TPSA) is 72.8 Å². The van der Waals surface area contributed by atoms with Gasteiger partial charge >= 0.3 is 5.97 Å². The Hall–Kier alpha value is -1.46. The van der Waals surface area contributed by atoms with Crippen molar-refractivity contribution in [2.75, 3.05) is 7.11 Å². The highest BCUT2D eigenvalue weighted by molar-refractivity contribution is 5.92. The number of fused-ring (bicyclic) bond motifs is 2. The molecule has 146 valence electrons. The Balaban J connectivity index is 2.32. The first kappa shape index (κ1) is 20.8. The van der Waals surface area contributed by atoms with Crippen molar-refractivity contribution < 1.29 is 24.2 Å². The summed E-state index contributed by atoms with van der Waals surface area (Å²) in [6, 6.07) is 0. The summed E-state index contributed by atoms with van der Waals surface area (Å²) in [5, 5.41) is 10.9. The van der Waals surface area contributed by atoms with Crippen LogP contribution in [0.4, 0.5) is 0 Å². The second-order valence-corrected chi connectivity index (χ2v) is 8.05. The summed E-state index contributed by atoms with van der Waals surface area (Å²) in [5.74, 6) is -1.15. The Morgan fingerprint density at radius 2 is 2.15 bits per heavy atom. The van der Waals surface area contributed by atoms with Crippen molar-refractivity contribution in [3.05, 3.63) is 23.8 Å². The first-order valence-corrected chi connectivity index (χ1v) is 9.51. The first-order valence-electron chi connectivity index (χ1n) is 9.51. The highest BCUT2D eigenvalue weighted by Crippen LogP contribution is 2.40. The van der Waals surface area contributed by atoms with Gasteiger partial charge in [0.2, 0.25) is 0 Å². The van der Waals surface area contributed by atoms with Crippen molar-refractivity contribution in [3.8, 4) is 0 Å². The van der Waals surface area contributed by atoms with Crippen molar-refractivity contribution in [1.29, 1.82) is 0 Å². The van der Waals surface area contributed by atoms with Gasteiger partial charge in [0.15, 0.2) is 5.78 Å². The molecular formula is C21H32O5. The Bertz CT molecular complexity index is 589. The molecule has 0 amide bonds. The van der Waals surface area contributed by atoms with Gasteiger partial charge in [-0.2, -0.15) is 0 Å². The summed E-state index contributed by atoms with van der Waals surface area (Å²) in [6.07, 6.45) is 5.27. The molecule has 5 nitrogen and oxygen atoms in total. The average molecular weight is 364 g/mol. The zero-order valence-electron chi connectivity index (χ0n) is 16.4. The quantitative estimate of drug-likeness (QED) is 0.462. The summed E-state index contributed by atoms with van der Waals surface area (Å²) in [7, 11) is 1.30. The van der Waals surface area contributed by atoms with Crippen LogP contribution >= 0.6 is 0 Å². The normalized spacial score (nSPS) is 36.3. The van der Waals surface area contributed by atoms with Gasteiger partial charge in [-0.15, -0.1) is 0 Å². The number of hydrogen-bond donors (Lipinski definition) is 1. The molecule has 2 aliphatic heterocycles. The fourth-order valence-corrected chi connectivity index (χ4v) is 3.94. The van der Waals surface area contributed by atoms with Crippen LogP contribution in [0.3, 0.4) is 0 Å². The lowest BCUT2D eigenvalue weighted by molar-refractivity contribution is -0.143. The highest BCUT2D eigenvalue weighted by atomic mass is 16.5. The van der Waals surface area contributed by atoms with Gasteiger partial charge in [0.05, 0.1) is 18.8 Å². The van der Waals surface area contributed by atoms with E-state index in [2.05, 4.69) is 19.6 Å². The number of carbonyl (C=O) groups is 2. The number of aliphatic hydroxyl groups is 1. The lowest BCUT2D eigenvalue weighted by Gasteiger charge is -2.29. The van der Waals surface area contributed by atoms with Crippen LogP contribution in [0.1, 0.15) is 59.3 Å². The minimum absolute atomic E-state index is 0.0146. The van der Waals surface area contributed by atoms with E-state index in [1.165, 1.54) is 12.7 Å². The Morgan fingerprint density at radius 1 is 1.46 bits per heavy atom. The zero-order chi connectivity index (χ0) is 19.5. The Labute approximate surface area is 156 Å². The third-order valence-corrected chi connectivity index (χ3v) is 5.85. The van der Waals surface area contributed by atoms with E-state index in [0.29, 0.717) is 12.8 Å². The maximum Gasteiger partial charge on any atom is 0.333 e. The minimum Gasteiger partial charge on any atom is -0.466 e. The molecular weight excluding hydrogens is 332 g/mol. The number of Topliss-reactive ketones (excluding diaryl/α,β-unsaturated/α-hetero) is 1. The van der Waals surface area contributed by atoms with Crippen molar-refractivity contribution in [1.82, 2.24) is 0 Å². The molecule has 1 N–H and O–H groups in total. The van der Waals surface area contributed by atoms with Crippen LogP contribution in [0.5, 0.6) is 0 Å². The van der Waals surface area contributed by atoms with Crippen LogP contribution in [0.15, 0.2) is 23.8 Å². The van der Waals surface area contributed by atoms with Crippen LogP contribution in [-0.2, 0) is 19.1 Å². The van der Waals surface area contributed by atoms with E-state index in [9.17, 15) is 14.7 Å². The molecule has 0 spiro atoms. The molecule has 0 aliphatic carbocycles. The molecule has 0 radical (unpaired) electrons. The van der Waals surface area contributed by atoms with E-state index in [0.717, 1.165) is 25.7 Å². The molecule has 5 unspecified atom stereocenters. The molecule has 1 fully saturated rings. The van der Waals surface area contributed by atoms with E-state index < -0.39 is 29.7 Å². The van der Waals surface area contributed by atoms with E-state index in [4.69, 9.17) is 9.47 Å². The Morgan fingerprint density at radius 3 is 2.81 bits per heavy atom. The van der Waals surface area contributed by atoms with E-state index in [-0.39, 0.29) is 17.3 Å². The third kappa shape index (κ3) is 4.63. The van der Waals surface area contributed by atoms with Gasteiger partial charge in [-0.3, -0.25) is 4.79 Å². The maximum atomic E-state index is 13.0. The molecule has 0 aromatic rings. The van der Waals surface area contributed by atoms with Crippen LogP contribution in [0.2, 0.25) is 0 Å². The third-order valence-electron chi connectivity index (χ3n) is 5.85. The molecule has 0 aromatic carbocycles. The van der Waals surface area contributed by atoms with E-state index in [1.807, 2.05) is 6.92 Å². The number of methoxy groups -OCH3 is 1. The summed E-state index contributed by atoms with van der Waals surface area (Å²) >= 11 is 0. The van der Waals surface area contributed by atoms with E-state index in [1.54, 1.807) is 6.92 Å². The van der Waals surface area contributed by atoms with Crippen molar-refractivity contribution in [3.63, 3.8) is 0 Å². The average Bonchev–Trinajstić information content (AvgIpc) is 3.04. The molecule has 5 heteroatoms. The fraction of sp³-hybridized carbons (Fsp3) is 0.714. The molecule has 2 bridgehead atoms. The molecule has 1 saturated heterocycles. The van der Waals surface area contributed by atoms with Gasteiger partial charge in [0, 0.05) is 17.4 Å².